The fraction of sp³-hybridized carbons (Fsp3) is 0.214. The molecule has 2 aromatic carbocycles. The molecule has 36 heavy (non-hydrogen) atoms. The second-order valence-corrected chi connectivity index (χ2v) is 9.76. The Morgan fingerprint density at radius 1 is 1.06 bits per heavy atom. The van der Waals surface area contributed by atoms with E-state index in [0.29, 0.717) is 28.3 Å². The van der Waals surface area contributed by atoms with Crippen LogP contribution in [0, 0.1) is 6.92 Å². The number of carbonyl (C=O) groups is 1. The second kappa shape index (κ2) is 9.65. The fourth-order valence-corrected chi connectivity index (χ4v) is 3.79. The predicted octanol–water partition coefficient (Wildman–Crippen LogP) is 5.03. The number of anilines is 4. The minimum atomic E-state index is -0.269. The van der Waals surface area contributed by atoms with Gasteiger partial charge < -0.3 is 20.9 Å². The van der Waals surface area contributed by atoms with Gasteiger partial charge in [-0.05, 0) is 48.9 Å². The molecule has 0 aliphatic rings. The summed E-state index contributed by atoms with van der Waals surface area (Å²) in [6.07, 6.45) is 3.27. The van der Waals surface area contributed by atoms with Crippen LogP contribution in [-0.2, 0) is 12.5 Å². The van der Waals surface area contributed by atoms with Crippen LogP contribution in [0.2, 0.25) is 0 Å². The first-order chi connectivity index (χ1) is 17.0. The molecule has 0 saturated heterocycles. The van der Waals surface area contributed by atoms with Crippen molar-refractivity contribution in [2.24, 2.45) is 7.05 Å². The average molecular weight is 483 g/mol. The van der Waals surface area contributed by atoms with Crippen molar-refractivity contribution in [2.45, 2.75) is 33.1 Å². The molecule has 8 nitrogen and oxygen atoms in total. The van der Waals surface area contributed by atoms with E-state index in [1.807, 2.05) is 37.3 Å². The zero-order chi connectivity index (χ0) is 26.0. The third-order valence-corrected chi connectivity index (χ3v) is 5.87. The summed E-state index contributed by atoms with van der Waals surface area (Å²) in [5, 5.41) is 6.04. The summed E-state index contributed by atoms with van der Waals surface area (Å²) in [6, 6.07) is 16.4. The summed E-state index contributed by atoms with van der Waals surface area (Å²) >= 11 is 0. The lowest BCUT2D eigenvalue weighted by atomic mass is 9.91. The highest BCUT2D eigenvalue weighted by Crippen LogP contribution is 2.28. The molecule has 184 valence electrons. The van der Waals surface area contributed by atoms with Crippen molar-refractivity contribution in [2.75, 3.05) is 16.4 Å². The Kier molecular flexibility index (Phi) is 6.61. The Morgan fingerprint density at radius 3 is 2.47 bits per heavy atom. The van der Waals surface area contributed by atoms with E-state index >= 15 is 0 Å². The van der Waals surface area contributed by atoms with Gasteiger partial charge in [0.15, 0.2) is 5.82 Å². The third-order valence-electron chi connectivity index (χ3n) is 5.87. The molecule has 2 aromatic heterocycles. The minimum Gasteiger partial charge on any atom is -0.399 e. The molecular formula is C28H30N6O2. The van der Waals surface area contributed by atoms with Gasteiger partial charge in [0.1, 0.15) is 0 Å². The predicted molar refractivity (Wildman–Crippen MR) is 145 cm³/mol. The van der Waals surface area contributed by atoms with Gasteiger partial charge in [-0.25, -0.2) is 4.98 Å². The van der Waals surface area contributed by atoms with E-state index in [9.17, 15) is 9.59 Å². The van der Waals surface area contributed by atoms with Gasteiger partial charge in [0.05, 0.1) is 11.3 Å². The number of benzene rings is 2. The van der Waals surface area contributed by atoms with Gasteiger partial charge in [0.25, 0.3) is 11.5 Å². The molecule has 0 atom stereocenters. The van der Waals surface area contributed by atoms with E-state index in [0.717, 1.165) is 16.8 Å². The largest absolute Gasteiger partial charge is 0.399 e. The molecule has 4 aromatic rings. The number of aromatic nitrogens is 3. The molecule has 0 aliphatic heterocycles. The number of nitrogens with two attached hydrogens (primary N) is 1. The van der Waals surface area contributed by atoms with E-state index in [1.54, 1.807) is 43.7 Å². The maximum Gasteiger partial charge on any atom is 0.293 e. The van der Waals surface area contributed by atoms with Crippen LogP contribution in [0.5, 0.6) is 0 Å². The highest BCUT2D eigenvalue weighted by molar-refractivity contribution is 6.04. The third kappa shape index (κ3) is 5.27. The summed E-state index contributed by atoms with van der Waals surface area (Å²) in [4.78, 5) is 34.7. The SMILES string of the molecule is Cc1c(NC(=O)c2ccc(C(C)(C)C)nc2)cccc1-c1cn(C)c(=O)c(Nc2cccc(N)c2)n1. The number of pyridine rings is 1. The van der Waals surface area contributed by atoms with Gasteiger partial charge in [-0.3, -0.25) is 14.6 Å². The van der Waals surface area contributed by atoms with Crippen LogP contribution < -0.4 is 21.9 Å². The molecule has 0 fully saturated rings. The Morgan fingerprint density at radius 2 is 1.81 bits per heavy atom. The quantitative estimate of drug-likeness (QED) is 0.344. The summed E-state index contributed by atoms with van der Waals surface area (Å²) in [6.45, 7) is 8.14. The van der Waals surface area contributed by atoms with E-state index in [4.69, 9.17) is 5.73 Å². The van der Waals surface area contributed by atoms with Crippen molar-refractivity contribution in [1.29, 1.82) is 0 Å². The number of hydrogen-bond donors (Lipinski definition) is 3. The second-order valence-electron chi connectivity index (χ2n) is 9.76. The molecule has 0 unspecified atom stereocenters. The maximum absolute atomic E-state index is 12.9. The first-order valence-electron chi connectivity index (χ1n) is 11.6. The Labute approximate surface area is 210 Å². The lowest BCUT2D eigenvalue weighted by Crippen LogP contribution is -2.21. The standard InChI is InChI=1S/C28H30N6O2/c1-17-21(23-16-34(5)27(36)25(32-23)31-20-9-6-8-19(29)14-20)10-7-11-22(17)33-26(35)18-12-13-24(30-15-18)28(2,3)4/h6-16H,29H2,1-5H3,(H,31,32)(H,33,35). The Balaban J connectivity index is 1.63. The maximum atomic E-state index is 12.9. The van der Waals surface area contributed by atoms with Gasteiger partial charge in [0, 0.05) is 53.2 Å². The number of hydrogen-bond acceptors (Lipinski definition) is 6. The zero-order valence-corrected chi connectivity index (χ0v) is 21.1. The van der Waals surface area contributed by atoms with E-state index in [2.05, 4.69) is 41.4 Å². The summed E-state index contributed by atoms with van der Waals surface area (Å²) < 4.78 is 1.48. The van der Waals surface area contributed by atoms with Crippen LogP contribution in [0.4, 0.5) is 22.9 Å². The molecule has 4 N–H and O–H groups in total. The molecular weight excluding hydrogens is 452 g/mol. The molecule has 0 spiro atoms. The summed E-state index contributed by atoms with van der Waals surface area (Å²) in [7, 11) is 1.67. The Hall–Kier alpha value is -4.46. The van der Waals surface area contributed by atoms with Crippen LogP contribution in [0.3, 0.4) is 0 Å². The van der Waals surface area contributed by atoms with Gasteiger partial charge in [-0.2, -0.15) is 0 Å². The number of aryl methyl sites for hydroxylation is 1. The topological polar surface area (TPSA) is 115 Å². The van der Waals surface area contributed by atoms with E-state index in [1.165, 1.54) is 4.57 Å². The average Bonchev–Trinajstić information content (AvgIpc) is 2.83. The lowest BCUT2D eigenvalue weighted by Gasteiger charge is -2.18. The normalized spacial score (nSPS) is 11.2. The van der Waals surface area contributed by atoms with Gasteiger partial charge in [0.2, 0.25) is 0 Å². The van der Waals surface area contributed by atoms with Crippen molar-refractivity contribution < 1.29 is 4.79 Å². The molecule has 4 rings (SSSR count). The summed E-state index contributed by atoms with van der Waals surface area (Å²) in [5.41, 5.74) is 11.0. The van der Waals surface area contributed by atoms with Gasteiger partial charge in [-0.15, -0.1) is 0 Å². The Bertz CT molecular complexity index is 1480. The van der Waals surface area contributed by atoms with Crippen LogP contribution in [0.1, 0.15) is 42.4 Å². The van der Waals surface area contributed by atoms with Crippen molar-refractivity contribution in [1.82, 2.24) is 14.5 Å². The smallest absolute Gasteiger partial charge is 0.293 e. The molecule has 0 saturated carbocycles. The molecule has 0 bridgehead atoms. The fourth-order valence-electron chi connectivity index (χ4n) is 3.79. The van der Waals surface area contributed by atoms with E-state index < -0.39 is 0 Å². The molecule has 0 radical (unpaired) electrons. The number of carbonyl (C=O) groups excluding carboxylic acids is 1. The van der Waals surface area contributed by atoms with Crippen LogP contribution in [-0.4, -0.2) is 20.4 Å². The lowest BCUT2D eigenvalue weighted by molar-refractivity contribution is 0.102. The minimum absolute atomic E-state index is 0.0937. The molecule has 8 heteroatoms. The number of nitrogen functional groups attached to an aromatic ring is 1. The number of amides is 1. The highest BCUT2D eigenvalue weighted by Gasteiger charge is 2.17. The summed E-state index contributed by atoms with van der Waals surface area (Å²) in [5.74, 6) is -0.0693. The molecule has 2 heterocycles. The monoisotopic (exact) mass is 482 g/mol. The van der Waals surface area contributed by atoms with Crippen molar-refractivity contribution in [3.05, 3.63) is 94.2 Å². The first-order valence-corrected chi connectivity index (χ1v) is 11.6. The van der Waals surface area contributed by atoms with E-state index in [-0.39, 0.29) is 22.7 Å². The van der Waals surface area contributed by atoms with Crippen LogP contribution >= 0.6 is 0 Å². The van der Waals surface area contributed by atoms with Crippen molar-refractivity contribution in [3.8, 4) is 11.3 Å². The highest BCUT2D eigenvalue weighted by atomic mass is 16.1. The number of nitrogens with zero attached hydrogens (tertiary/aromatic N) is 3. The zero-order valence-electron chi connectivity index (χ0n) is 21.1. The molecule has 0 aliphatic carbocycles. The van der Waals surface area contributed by atoms with Crippen LogP contribution in [0.15, 0.2) is 71.8 Å². The first kappa shape index (κ1) is 24.7. The van der Waals surface area contributed by atoms with Crippen LogP contribution in [0.25, 0.3) is 11.3 Å². The van der Waals surface area contributed by atoms with Gasteiger partial charge in [-0.1, -0.05) is 39.0 Å². The van der Waals surface area contributed by atoms with Crippen molar-refractivity contribution >= 4 is 28.8 Å². The van der Waals surface area contributed by atoms with Crippen molar-refractivity contribution in [3.63, 3.8) is 0 Å². The molecule has 1 amide bonds. The van der Waals surface area contributed by atoms with Gasteiger partial charge >= 0.3 is 0 Å². The number of nitrogens with one attached hydrogen (secondary N) is 2. The number of rotatable bonds is 5.